The van der Waals surface area contributed by atoms with Gasteiger partial charge in [0, 0.05) is 11.8 Å². The zero-order chi connectivity index (χ0) is 12.4. The average Bonchev–Trinajstić information content (AvgIpc) is 2.16. The van der Waals surface area contributed by atoms with E-state index in [-0.39, 0.29) is 5.56 Å². The van der Waals surface area contributed by atoms with Crippen LogP contribution in [0.1, 0.15) is 5.56 Å². The quantitative estimate of drug-likeness (QED) is 0.803. The van der Waals surface area contributed by atoms with E-state index in [1.165, 1.54) is 10.8 Å². The second-order valence-electron chi connectivity index (χ2n) is 2.61. The first-order valence-electron chi connectivity index (χ1n) is 3.74. The Morgan fingerprint density at radius 3 is 2.38 bits per heavy atom. The molecule has 0 saturated heterocycles. The van der Waals surface area contributed by atoms with Crippen LogP contribution in [0.15, 0.2) is 18.3 Å². The Hall–Kier alpha value is -1.75. The number of sulfonamides is 1. The van der Waals surface area contributed by atoms with Crippen molar-refractivity contribution in [3.05, 3.63) is 30.3 Å². The molecule has 0 spiro atoms. The van der Waals surface area contributed by atoms with E-state index >= 15 is 0 Å². The van der Waals surface area contributed by atoms with Gasteiger partial charge in [-0.3, -0.25) is 4.72 Å². The number of pyridine rings is 1. The van der Waals surface area contributed by atoms with Crippen LogP contribution in [0, 0.1) is 12.3 Å². The molecule has 1 heterocycles. The summed E-state index contributed by atoms with van der Waals surface area (Å²) < 4.78 is 58.4. The Kier molecular flexibility index (Phi) is 3.09. The maximum absolute atomic E-state index is 11.9. The lowest BCUT2D eigenvalue weighted by Gasteiger charge is -2.09. The molecule has 16 heavy (non-hydrogen) atoms. The highest BCUT2D eigenvalue weighted by atomic mass is 32.2. The lowest BCUT2D eigenvalue weighted by Crippen LogP contribution is -2.30. The van der Waals surface area contributed by atoms with Gasteiger partial charge in [0.15, 0.2) is 0 Å². The summed E-state index contributed by atoms with van der Waals surface area (Å²) in [7, 11) is -5.45. The van der Waals surface area contributed by atoms with Crippen molar-refractivity contribution >= 4 is 15.8 Å². The predicted molar refractivity (Wildman–Crippen MR) is 49.1 cm³/mol. The maximum Gasteiger partial charge on any atom is 0.516 e. The molecule has 0 atom stereocenters. The van der Waals surface area contributed by atoms with Gasteiger partial charge < -0.3 is 0 Å². The van der Waals surface area contributed by atoms with Gasteiger partial charge in [-0.2, -0.15) is 21.6 Å². The second-order valence-corrected chi connectivity index (χ2v) is 4.28. The molecule has 0 aliphatic rings. The van der Waals surface area contributed by atoms with Gasteiger partial charge in [-0.15, -0.1) is 0 Å². The molecular weight excluding hydrogens is 245 g/mol. The van der Waals surface area contributed by atoms with Gasteiger partial charge in [-0.1, -0.05) is 5.92 Å². The summed E-state index contributed by atoms with van der Waals surface area (Å²) in [5, 5.41) is 0. The van der Waals surface area contributed by atoms with Crippen molar-refractivity contribution in [3.63, 3.8) is 0 Å². The number of nitrogens with one attached hydrogen (secondary N) is 1. The van der Waals surface area contributed by atoms with Crippen molar-refractivity contribution in [2.45, 2.75) is 5.51 Å². The van der Waals surface area contributed by atoms with E-state index in [9.17, 15) is 21.6 Å². The van der Waals surface area contributed by atoms with Crippen molar-refractivity contribution in [1.29, 1.82) is 0 Å². The predicted octanol–water partition coefficient (Wildman–Crippen LogP) is 1.28. The molecule has 0 aliphatic carbocycles. The summed E-state index contributed by atoms with van der Waals surface area (Å²) in [4.78, 5) is 3.38. The van der Waals surface area contributed by atoms with Gasteiger partial charge in [0.25, 0.3) is 0 Å². The largest absolute Gasteiger partial charge is 0.516 e. The normalized spacial score (nSPS) is 11.9. The SMILES string of the molecule is [C]#Cc1ccc(NS(=O)(=O)C(F)(F)F)nc1. The minimum Gasteiger partial charge on any atom is -0.260 e. The van der Waals surface area contributed by atoms with Crippen LogP contribution in [0.4, 0.5) is 19.0 Å². The van der Waals surface area contributed by atoms with Crippen molar-refractivity contribution in [1.82, 2.24) is 4.98 Å². The molecule has 85 valence electrons. The van der Waals surface area contributed by atoms with Crippen LogP contribution >= 0.6 is 0 Å². The van der Waals surface area contributed by atoms with Crippen LogP contribution in [-0.2, 0) is 10.0 Å². The summed E-state index contributed by atoms with van der Waals surface area (Å²) in [5.74, 6) is 1.46. The molecule has 0 saturated carbocycles. The molecule has 1 aromatic heterocycles. The van der Waals surface area contributed by atoms with Gasteiger partial charge in [0.05, 0.1) is 0 Å². The van der Waals surface area contributed by atoms with Crippen LogP contribution in [-0.4, -0.2) is 18.9 Å². The van der Waals surface area contributed by atoms with Crippen LogP contribution in [0.3, 0.4) is 0 Å². The first kappa shape index (κ1) is 12.3. The number of halogens is 3. The summed E-state index contributed by atoms with van der Waals surface area (Å²) in [6.45, 7) is 0. The monoisotopic (exact) mass is 249 g/mol. The number of alkyl halides is 3. The molecule has 1 aromatic rings. The first-order valence-corrected chi connectivity index (χ1v) is 5.22. The van der Waals surface area contributed by atoms with E-state index in [0.717, 1.165) is 12.3 Å². The Morgan fingerprint density at radius 1 is 1.38 bits per heavy atom. The van der Waals surface area contributed by atoms with Crippen LogP contribution in [0.25, 0.3) is 0 Å². The van der Waals surface area contributed by atoms with E-state index in [4.69, 9.17) is 6.42 Å². The maximum atomic E-state index is 11.9. The number of aromatic nitrogens is 1. The van der Waals surface area contributed by atoms with Gasteiger partial charge in [0.1, 0.15) is 5.82 Å². The third-order valence-electron chi connectivity index (χ3n) is 1.45. The Morgan fingerprint density at radius 2 is 2.00 bits per heavy atom. The third-order valence-corrected chi connectivity index (χ3v) is 2.54. The fourth-order valence-electron chi connectivity index (χ4n) is 0.724. The number of anilines is 1. The molecule has 4 nitrogen and oxygen atoms in total. The second kappa shape index (κ2) is 4.02. The molecule has 0 aromatic carbocycles. The molecular formula is C8H4F3N2O2S. The Bertz CT molecular complexity index is 514. The highest BCUT2D eigenvalue weighted by molar-refractivity contribution is 7.93. The lowest BCUT2D eigenvalue weighted by atomic mass is 10.3. The summed E-state index contributed by atoms with van der Waals surface area (Å²) >= 11 is 0. The third kappa shape index (κ3) is 2.64. The number of hydrogen-bond acceptors (Lipinski definition) is 3. The Balaban J connectivity index is 2.95. The van der Waals surface area contributed by atoms with Crippen molar-refractivity contribution in [2.75, 3.05) is 4.72 Å². The number of rotatable bonds is 2. The fourth-order valence-corrected chi connectivity index (χ4v) is 1.24. The standard InChI is InChI=1S/C8H4F3N2O2S/c1-2-6-3-4-7(12-5-6)13-16(14,15)8(9,10)11/h3-5H,(H,12,13). The molecule has 0 fully saturated rings. The van der Waals surface area contributed by atoms with Crippen LogP contribution < -0.4 is 4.72 Å². The van der Waals surface area contributed by atoms with E-state index in [2.05, 4.69) is 4.98 Å². The fraction of sp³-hybridized carbons (Fsp3) is 0.125. The summed E-state index contributed by atoms with van der Waals surface area (Å²) in [5.41, 5.74) is -5.17. The molecule has 0 bridgehead atoms. The number of nitrogens with zero attached hydrogens (tertiary/aromatic N) is 1. The molecule has 1 N–H and O–H groups in total. The van der Waals surface area contributed by atoms with Crippen molar-refractivity contribution in [2.24, 2.45) is 0 Å². The van der Waals surface area contributed by atoms with Gasteiger partial charge in [-0.25, -0.2) is 4.98 Å². The van der Waals surface area contributed by atoms with E-state index in [0.29, 0.717) is 0 Å². The first-order chi connectivity index (χ1) is 7.26. The van der Waals surface area contributed by atoms with E-state index in [1.54, 1.807) is 0 Å². The van der Waals surface area contributed by atoms with Crippen molar-refractivity contribution < 1.29 is 21.6 Å². The average molecular weight is 249 g/mol. The van der Waals surface area contributed by atoms with Crippen LogP contribution in [0.2, 0.25) is 0 Å². The minimum absolute atomic E-state index is 0.218. The van der Waals surface area contributed by atoms with Crippen molar-refractivity contribution in [3.8, 4) is 5.92 Å². The van der Waals surface area contributed by atoms with Gasteiger partial charge >= 0.3 is 15.5 Å². The zero-order valence-corrected chi connectivity index (χ0v) is 8.35. The zero-order valence-electron chi connectivity index (χ0n) is 7.54. The highest BCUT2D eigenvalue weighted by Crippen LogP contribution is 2.24. The van der Waals surface area contributed by atoms with E-state index < -0.39 is 21.3 Å². The summed E-state index contributed by atoms with van der Waals surface area (Å²) in [6, 6.07) is 2.20. The highest BCUT2D eigenvalue weighted by Gasteiger charge is 2.46. The lowest BCUT2D eigenvalue weighted by molar-refractivity contribution is -0.0429. The molecule has 8 heteroatoms. The smallest absolute Gasteiger partial charge is 0.260 e. The molecule has 1 radical (unpaired) electrons. The van der Waals surface area contributed by atoms with Gasteiger partial charge in [0.2, 0.25) is 0 Å². The van der Waals surface area contributed by atoms with E-state index in [1.807, 2.05) is 5.92 Å². The minimum atomic E-state index is -5.45. The molecule has 0 aliphatic heterocycles. The number of hydrogen-bond donors (Lipinski definition) is 1. The topological polar surface area (TPSA) is 59.1 Å². The Labute approximate surface area is 89.6 Å². The molecule has 0 amide bonds. The molecule has 1 rings (SSSR count). The van der Waals surface area contributed by atoms with Gasteiger partial charge in [-0.05, 0) is 18.6 Å². The van der Waals surface area contributed by atoms with Crippen LogP contribution in [0.5, 0.6) is 0 Å². The molecule has 0 unspecified atom stereocenters. The summed E-state index contributed by atoms with van der Waals surface area (Å²) in [6.07, 6.45) is 7.70.